The zero-order valence-electron chi connectivity index (χ0n) is 21.4. The zero-order chi connectivity index (χ0) is 27.1. The molecular formula is C29H29ClN4O4. The van der Waals surface area contributed by atoms with Crippen LogP contribution in [-0.4, -0.2) is 35.9 Å². The van der Waals surface area contributed by atoms with Crippen LogP contribution in [0.4, 0.5) is 11.4 Å². The van der Waals surface area contributed by atoms with Gasteiger partial charge in [0.05, 0.1) is 18.5 Å². The smallest absolute Gasteiger partial charge is 0.299 e. The molecule has 0 aliphatic carbocycles. The number of carbonyl (C=O) groups excluding carboxylic acids is 1. The fraction of sp³-hybridized carbons (Fsp3) is 0.207. The summed E-state index contributed by atoms with van der Waals surface area (Å²) in [6.07, 6.45) is 1.47. The van der Waals surface area contributed by atoms with Gasteiger partial charge in [0.2, 0.25) is 0 Å². The maximum atomic E-state index is 13.7. The maximum Gasteiger partial charge on any atom is 0.299 e. The van der Waals surface area contributed by atoms with Crippen molar-refractivity contribution in [3.63, 3.8) is 0 Å². The van der Waals surface area contributed by atoms with Crippen molar-refractivity contribution < 1.29 is 14.3 Å². The van der Waals surface area contributed by atoms with Crippen LogP contribution in [0.2, 0.25) is 5.02 Å². The van der Waals surface area contributed by atoms with Crippen molar-refractivity contribution in [1.29, 1.82) is 0 Å². The SMILES string of the molecule is COCCNC(=O)c1cccc(Nc2c(Oc3ccc(C(C)C)cc3)cnn(-c3cccc(Cl)c3)c2=O)c1. The lowest BCUT2D eigenvalue weighted by Gasteiger charge is -2.15. The van der Waals surface area contributed by atoms with Crippen molar-refractivity contribution in [2.75, 3.05) is 25.6 Å². The van der Waals surface area contributed by atoms with Crippen LogP contribution >= 0.6 is 11.6 Å². The first-order chi connectivity index (χ1) is 18.4. The van der Waals surface area contributed by atoms with Crippen LogP contribution < -0.4 is 20.9 Å². The minimum atomic E-state index is -0.446. The van der Waals surface area contributed by atoms with Crippen molar-refractivity contribution in [3.05, 3.63) is 105 Å². The normalized spacial score (nSPS) is 10.9. The summed E-state index contributed by atoms with van der Waals surface area (Å²) in [5, 5.41) is 10.7. The Hall–Kier alpha value is -4.14. The van der Waals surface area contributed by atoms with Crippen LogP contribution in [-0.2, 0) is 4.74 Å². The number of hydrogen-bond acceptors (Lipinski definition) is 6. The molecule has 38 heavy (non-hydrogen) atoms. The summed E-state index contributed by atoms with van der Waals surface area (Å²) in [5.41, 5.74) is 2.35. The Labute approximate surface area is 226 Å². The fourth-order valence-electron chi connectivity index (χ4n) is 3.72. The van der Waals surface area contributed by atoms with Crippen molar-refractivity contribution >= 4 is 28.9 Å². The van der Waals surface area contributed by atoms with Gasteiger partial charge in [0, 0.05) is 29.9 Å². The first-order valence-electron chi connectivity index (χ1n) is 12.2. The number of hydrogen-bond donors (Lipinski definition) is 2. The van der Waals surface area contributed by atoms with E-state index in [1.54, 1.807) is 55.6 Å². The second-order valence-electron chi connectivity index (χ2n) is 8.86. The van der Waals surface area contributed by atoms with E-state index in [1.807, 2.05) is 24.3 Å². The molecule has 0 atom stereocenters. The van der Waals surface area contributed by atoms with Crippen molar-refractivity contribution in [2.45, 2.75) is 19.8 Å². The third kappa shape index (κ3) is 6.59. The molecule has 0 radical (unpaired) electrons. The lowest BCUT2D eigenvalue weighted by atomic mass is 10.0. The van der Waals surface area contributed by atoms with Gasteiger partial charge >= 0.3 is 0 Å². The van der Waals surface area contributed by atoms with Crippen LogP contribution in [0.15, 0.2) is 83.8 Å². The van der Waals surface area contributed by atoms with Gasteiger partial charge in [-0.3, -0.25) is 9.59 Å². The quantitative estimate of drug-likeness (QED) is 0.246. The van der Waals surface area contributed by atoms with Crippen molar-refractivity contribution in [1.82, 2.24) is 15.1 Å². The van der Waals surface area contributed by atoms with Crippen LogP contribution in [0.3, 0.4) is 0 Å². The minimum Gasteiger partial charge on any atom is -0.453 e. The minimum absolute atomic E-state index is 0.157. The number of nitrogens with zero attached hydrogens (tertiary/aromatic N) is 2. The van der Waals surface area contributed by atoms with Crippen LogP contribution in [0.25, 0.3) is 5.69 Å². The molecule has 4 rings (SSSR count). The van der Waals surface area contributed by atoms with Crippen LogP contribution in [0.5, 0.6) is 11.5 Å². The number of benzene rings is 3. The molecule has 0 spiro atoms. The predicted molar refractivity (Wildman–Crippen MR) is 149 cm³/mol. The van der Waals surface area contributed by atoms with E-state index in [9.17, 15) is 9.59 Å². The second-order valence-corrected chi connectivity index (χ2v) is 9.30. The summed E-state index contributed by atoms with van der Waals surface area (Å²) < 4.78 is 12.3. The predicted octanol–water partition coefficient (Wildman–Crippen LogP) is 5.92. The Balaban J connectivity index is 1.71. The van der Waals surface area contributed by atoms with Gasteiger partial charge in [-0.25, -0.2) is 0 Å². The summed E-state index contributed by atoms with van der Waals surface area (Å²) in [6, 6.07) is 21.4. The van der Waals surface area contributed by atoms with Gasteiger partial charge in [0.25, 0.3) is 11.5 Å². The first-order valence-corrected chi connectivity index (χ1v) is 12.5. The first kappa shape index (κ1) is 26.9. The Morgan fingerprint density at radius 3 is 2.53 bits per heavy atom. The number of halogens is 1. The van der Waals surface area contributed by atoms with Crippen molar-refractivity contribution in [3.8, 4) is 17.2 Å². The van der Waals surface area contributed by atoms with Crippen LogP contribution in [0, 0.1) is 0 Å². The standard InChI is InChI=1S/C29H29ClN4O4/c1-19(2)20-10-12-25(13-11-20)38-26-18-32-34(24-9-5-7-22(30)17-24)29(36)27(26)33-23-8-4-6-21(16-23)28(35)31-14-15-37-3/h4-13,16-19,33H,14-15H2,1-3H3,(H,31,35). The topological polar surface area (TPSA) is 94.5 Å². The Morgan fingerprint density at radius 1 is 1.05 bits per heavy atom. The van der Waals surface area contributed by atoms with Crippen molar-refractivity contribution in [2.24, 2.45) is 0 Å². The summed E-state index contributed by atoms with van der Waals surface area (Å²) in [5.74, 6) is 0.924. The van der Waals surface area contributed by atoms with E-state index in [1.165, 1.54) is 16.4 Å². The van der Waals surface area contributed by atoms with E-state index in [2.05, 4.69) is 29.6 Å². The number of amides is 1. The monoisotopic (exact) mass is 532 g/mol. The van der Waals surface area contributed by atoms with Gasteiger partial charge in [-0.1, -0.05) is 49.7 Å². The molecule has 196 valence electrons. The molecule has 0 saturated heterocycles. The average molecular weight is 533 g/mol. The van der Waals surface area contributed by atoms with E-state index in [0.29, 0.717) is 46.8 Å². The highest BCUT2D eigenvalue weighted by Crippen LogP contribution is 2.30. The molecule has 4 aromatic rings. The van der Waals surface area contributed by atoms with Gasteiger partial charge in [0.15, 0.2) is 11.4 Å². The van der Waals surface area contributed by atoms with E-state index in [0.717, 1.165) is 0 Å². The maximum absolute atomic E-state index is 13.7. The molecule has 2 N–H and O–H groups in total. The van der Waals surface area contributed by atoms with Gasteiger partial charge in [0.1, 0.15) is 5.75 Å². The highest BCUT2D eigenvalue weighted by atomic mass is 35.5. The Morgan fingerprint density at radius 2 is 1.82 bits per heavy atom. The summed E-state index contributed by atoms with van der Waals surface area (Å²) in [4.78, 5) is 26.2. The lowest BCUT2D eigenvalue weighted by molar-refractivity contribution is 0.0937. The molecule has 1 aromatic heterocycles. The molecule has 1 heterocycles. The molecule has 0 bridgehead atoms. The third-order valence-electron chi connectivity index (χ3n) is 5.76. The average Bonchev–Trinajstić information content (AvgIpc) is 2.91. The van der Waals surface area contributed by atoms with E-state index < -0.39 is 5.56 Å². The number of carbonyl (C=O) groups is 1. The van der Waals surface area contributed by atoms with Gasteiger partial charge in [-0.2, -0.15) is 9.78 Å². The summed E-state index contributed by atoms with van der Waals surface area (Å²) in [6.45, 7) is 5.02. The molecular weight excluding hydrogens is 504 g/mol. The molecule has 0 fully saturated rings. The Kier molecular flexibility index (Phi) is 8.78. The Bertz CT molecular complexity index is 1470. The van der Waals surface area contributed by atoms with Crippen LogP contribution in [0.1, 0.15) is 35.7 Å². The molecule has 3 aromatic carbocycles. The van der Waals surface area contributed by atoms with E-state index >= 15 is 0 Å². The largest absolute Gasteiger partial charge is 0.453 e. The zero-order valence-corrected chi connectivity index (χ0v) is 22.2. The lowest BCUT2D eigenvalue weighted by Crippen LogP contribution is -2.27. The molecule has 8 nitrogen and oxygen atoms in total. The van der Waals surface area contributed by atoms with E-state index in [-0.39, 0.29) is 17.3 Å². The fourth-order valence-corrected chi connectivity index (χ4v) is 3.91. The summed E-state index contributed by atoms with van der Waals surface area (Å²) in [7, 11) is 1.57. The molecule has 1 amide bonds. The molecule has 0 saturated carbocycles. The molecule has 9 heteroatoms. The number of ether oxygens (including phenoxy) is 2. The molecule has 0 aliphatic rings. The second kappa shape index (κ2) is 12.4. The third-order valence-corrected chi connectivity index (χ3v) is 5.99. The summed E-state index contributed by atoms with van der Waals surface area (Å²) >= 11 is 6.15. The highest BCUT2D eigenvalue weighted by molar-refractivity contribution is 6.30. The number of rotatable bonds is 10. The number of methoxy groups -OCH3 is 1. The number of nitrogens with one attached hydrogen (secondary N) is 2. The van der Waals surface area contributed by atoms with Gasteiger partial charge in [-0.15, -0.1) is 0 Å². The highest BCUT2D eigenvalue weighted by Gasteiger charge is 2.17. The van der Waals surface area contributed by atoms with E-state index in [4.69, 9.17) is 21.1 Å². The number of anilines is 2. The molecule has 0 aliphatic heterocycles. The van der Waals surface area contributed by atoms with Gasteiger partial charge in [-0.05, 0) is 60.0 Å². The molecule has 0 unspecified atom stereocenters. The van der Waals surface area contributed by atoms with Gasteiger partial charge < -0.3 is 20.1 Å². The number of aromatic nitrogens is 2.